The molecule has 1 saturated heterocycles. The van der Waals surface area contributed by atoms with Gasteiger partial charge in [-0.05, 0) is 56.0 Å². The Morgan fingerprint density at radius 2 is 1.68 bits per heavy atom. The first kappa shape index (κ1) is 22.3. The van der Waals surface area contributed by atoms with Gasteiger partial charge in [0.2, 0.25) is 0 Å². The summed E-state index contributed by atoms with van der Waals surface area (Å²) in [5.74, 6) is -0.826. The van der Waals surface area contributed by atoms with E-state index in [9.17, 15) is 14.4 Å². The molecule has 1 aromatic carbocycles. The lowest BCUT2D eigenvalue weighted by atomic mass is 9.98. The molecule has 0 N–H and O–H groups in total. The van der Waals surface area contributed by atoms with Crippen molar-refractivity contribution in [1.82, 2.24) is 0 Å². The number of anilines is 2. The Labute approximate surface area is 182 Å². The molecule has 0 bridgehead atoms. The van der Waals surface area contributed by atoms with Crippen LogP contribution in [0, 0.1) is 5.92 Å². The van der Waals surface area contributed by atoms with Crippen molar-refractivity contribution < 1.29 is 23.9 Å². The number of benzene rings is 1. The van der Waals surface area contributed by atoms with Crippen molar-refractivity contribution in [2.75, 3.05) is 37.1 Å². The van der Waals surface area contributed by atoms with Gasteiger partial charge in [0.25, 0.3) is 0 Å². The van der Waals surface area contributed by atoms with Crippen LogP contribution in [0.5, 0.6) is 0 Å². The molecule has 2 aliphatic rings. The summed E-state index contributed by atoms with van der Waals surface area (Å²) in [5, 5.41) is 0. The number of allylic oxidation sites excluding steroid dienone is 2. The Kier molecular flexibility index (Phi) is 6.95. The molecule has 1 fully saturated rings. The number of esters is 2. The van der Waals surface area contributed by atoms with Crippen LogP contribution in [0.15, 0.2) is 53.9 Å². The predicted octanol–water partition coefficient (Wildman–Crippen LogP) is 3.62. The van der Waals surface area contributed by atoms with Crippen LogP contribution in [0.4, 0.5) is 11.4 Å². The van der Waals surface area contributed by atoms with Crippen molar-refractivity contribution in [3.8, 4) is 0 Å². The summed E-state index contributed by atoms with van der Waals surface area (Å²) in [7, 11) is 2.49. The lowest BCUT2D eigenvalue weighted by Gasteiger charge is -2.33. The third-order valence-corrected chi connectivity index (χ3v) is 5.66. The predicted molar refractivity (Wildman–Crippen MR) is 119 cm³/mol. The Hall–Kier alpha value is -3.35. The largest absolute Gasteiger partial charge is 0.465 e. The monoisotopic (exact) mass is 424 g/mol. The Balaban J connectivity index is 2.11. The van der Waals surface area contributed by atoms with E-state index >= 15 is 0 Å². The van der Waals surface area contributed by atoms with Crippen LogP contribution in [0.2, 0.25) is 0 Å². The maximum atomic E-state index is 12.7. The first-order valence-electron chi connectivity index (χ1n) is 10.3. The highest BCUT2D eigenvalue weighted by Gasteiger charge is 2.29. The van der Waals surface area contributed by atoms with Crippen molar-refractivity contribution in [2.45, 2.75) is 26.7 Å². The van der Waals surface area contributed by atoms with E-state index in [1.54, 1.807) is 24.4 Å². The minimum Gasteiger partial charge on any atom is -0.465 e. The van der Waals surface area contributed by atoms with Gasteiger partial charge in [-0.3, -0.25) is 4.79 Å². The van der Waals surface area contributed by atoms with E-state index in [1.165, 1.54) is 32.1 Å². The molecule has 2 aliphatic heterocycles. The molecular weight excluding hydrogens is 396 g/mol. The van der Waals surface area contributed by atoms with Crippen molar-refractivity contribution in [3.63, 3.8) is 0 Å². The second-order valence-electron chi connectivity index (χ2n) is 7.74. The topological polar surface area (TPSA) is 76.2 Å². The summed E-state index contributed by atoms with van der Waals surface area (Å²) >= 11 is 0. The molecule has 0 saturated carbocycles. The van der Waals surface area contributed by atoms with E-state index in [4.69, 9.17) is 9.47 Å². The highest BCUT2D eigenvalue weighted by atomic mass is 16.5. The Bertz CT molecular complexity index is 968. The van der Waals surface area contributed by atoms with Gasteiger partial charge in [0, 0.05) is 30.5 Å². The van der Waals surface area contributed by atoms with Gasteiger partial charge in [0.05, 0.1) is 25.5 Å². The quantitative estimate of drug-likeness (QED) is 0.528. The molecule has 31 heavy (non-hydrogen) atoms. The second kappa shape index (κ2) is 9.64. The van der Waals surface area contributed by atoms with Gasteiger partial charge in [0.1, 0.15) is 5.70 Å². The lowest BCUT2D eigenvalue weighted by molar-refractivity contribution is -0.139. The minimum absolute atomic E-state index is 0.0126. The van der Waals surface area contributed by atoms with Crippen LogP contribution in [0.1, 0.15) is 37.0 Å². The summed E-state index contributed by atoms with van der Waals surface area (Å²) in [6.45, 7) is 5.61. The normalized spacial score (nSPS) is 16.9. The molecule has 0 atom stereocenters. The fourth-order valence-corrected chi connectivity index (χ4v) is 3.83. The number of rotatable bonds is 5. The zero-order valence-corrected chi connectivity index (χ0v) is 18.4. The molecule has 0 spiro atoms. The third kappa shape index (κ3) is 4.71. The molecule has 2 heterocycles. The van der Waals surface area contributed by atoms with Crippen molar-refractivity contribution in [3.05, 3.63) is 59.5 Å². The third-order valence-electron chi connectivity index (χ3n) is 5.66. The van der Waals surface area contributed by atoms with E-state index in [0.717, 1.165) is 31.6 Å². The van der Waals surface area contributed by atoms with Crippen LogP contribution >= 0.6 is 0 Å². The fraction of sp³-hybridized carbons (Fsp3) is 0.375. The van der Waals surface area contributed by atoms with Gasteiger partial charge in [-0.2, -0.15) is 0 Å². The van der Waals surface area contributed by atoms with Gasteiger partial charge in [-0.15, -0.1) is 0 Å². The number of Topliss-reactive ketones (excluding diaryl/α,β-unsaturated/α-hetero) is 1. The SMILES string of the molecule is COC(=O)C1=C(C(=O)OC)N(c2ccc(N3CCC(C)CC3)cc2C(C)=O)C=CC=C1. The molecule has 0 aromatic heterocycles. The van der Waals surface area contributed by atoms with Crippen LogP contribution in [0.25, 0.3) is 0 Å². The molecule has 7 heteroatoms. The van der Waals surface area contributed by atoms with Crippen LogP contribution in [-0.2, 0) is 19.1 Å². The summed E-state index contributed by atoms with van der Waals surface area (Å²) in [4.78, 5) is 41.4. The number of ether oxygens (including phenoxy) is 2. The van der Waals surface area contributed by atoms with Crippen molar-refractivity contribution in [2.24, 2.45) is 5.92 Å². The minimum atomic E-state index is -0.708. The van der Waals surface area contributed by atoms with Crippen molar-refractivity contribution >= 4 is 29.1 Å². The molecule has 0 amide bonds. The number of ketones is 1. The summed E-state index contributed by atoms with van der Waals surface area (Å²) in [6.07, 6.45) is 8.65. The lowest BCUT2D eigenvalue weighted by Crippen LogP contribution is -2.33. The zero-order chi connectivity index (χ0) is 22.5. The number of piperidine rings is 1. The summed E-state index contributed by atoms with van der Waals surface area (Å²) < 4.78 is 9.80. The molecule has 0 radical (unpaired) electrons. The first-order chi connectivity index (χ1) is 14.9. The van der Waals surface area contributed by atoms with Gasteiger partial charge in [-0.25, -0.2) is 9.59 Å². The maximum absolute atomic E-state index is 12.7. The van der Waals surface area contributed by atoms with Crippen LogP contribution < -0.4 is 9.80 Å². The van der Waals surface area contributed by atoms with Gasteiger partial charge < -0.3 is 19.3 Å². The Morgan fingerprint density at radius 1 is 1.00 bits per heavy atom. The molecule has 7 nitrogen and oxygen atoms in total. The standard InChI is InChI=1S/C24H28N2O5/c1-16-10-13-25(14-11-16)18-8-9-21(20(15-18)17(2)27)26-12-6-5-7-19(23(28)30-3)22(26)24(29)31-4/h5-9,12,15-16H,10-11,13-14H2,1-4H3. The van der Waals surface area contributed by atoms with E-state index < -0.39 is 11.9 Å². The zero-order valence-electron chi connectivity index (χ0n) is 18.4. The Morgan fingerprint density at radius 3 is 2.29 bits per heavy atom. The van der Waals surface area contributed by atoms with Crippen molar-refractivity contribution in [1.29, 1.82) is 0 Å². The highest BCUT2D eigenvalue weighted by Crippen LogP contribution is 2.33. The average molecular weight is 424 g/mol. The van der Waals surface area contributed by atoms with Crippen LogP contribution in [0.3, 0.4) is 0 Å². The molecule has 0 aliphatic carbocycles. The number of hydrogen-bond donors (Lipinski definition) is 0. The first-order valence-corrected chi connectivity index (χ1v) is 10.3. The molecule has 3 rings (SSSR count). The maximum Gasteiger partial charge on any atom is 0.355 e. The van der Waals surface area contributed by atoms with E-state index in [2.05, 4.69) is 11.8 Å². The fourth-order valence-electron chi connectivity index (χ4n) is 3.83. The van der Waals surface area contributed by atoms with Crippen LogP contribution in [-0.4, -0.2) is 45.0 Å². The number of hydrogen-bond acceptors (Lipinski definition) is 7. The molecular formula is C24H28N2O5. The second-order valence-corrected chi connectivity index (χ2v) is 7.74. The van der Waals surface area contributed by atoms with E-state index in [-0.39, 0.29) is 17.1 Å². The molecule has 0 unspecified atom stereocenters. The number of nitrogens with zero attached hydrogens (tertiary/aromatic N) is 2. The smallest absolute Gasteiger partial charge is 0.355 e. The molecule has 164 valence electrons. The highest BCUT2D eigenvalue weighted by molar-refractivity contribution is 6.08. The summed E-state index contributed by atoms with van der Waals surface area (Å²) in [6, 6.07) is 5.60. The number of carbonyl (C=O) groups is 3. The van der Waals surface area contributed by atoms with E-state index in [0.29, 0.717) is 17.2 Å². The summed E-state index contributed by atoms with van der Waals surface area (Å²) in [5.41, 5.74) is 1.94. The average Bonchev–Trinajstić information content (AvgIpc) is 3.01. The van der Waals surface area contributed by atoms with Gasteiger partial charge in [-0.1, -0.05) is 13.0 Å². The van der Waals surface area contributed by atoms with E-state index in [1.807, 2.05) is 12.1 Å². The molecule has 1 aromatic rings. The van der Waals surface area contributed by atoms with Gasteiger partial charge >= 0.3 is 11.9 Å². The van der Waals surface area contributed by atoms with Gasteiger partial charge in [0.15, 0.2) is 5.78 Å². The number of methoxy groups -OCH3 is 2. The number of carbonyl (C=O) groups excluding carboxylic acids is 3.